The fourth-order valence-electron chi connectivity index (χ4n) is 15.7. The maximum absolute atomic E-state index is 5.24. The first kappa shape index (κ1) is 125. The summed E-state index contributed by atoms with van der Waals surface area (Å²) >= 11 is 0. The first-order chi connectivity index (χ1) is 59.0. The number of ether oxygens (including phenoxy) is 2. The molecule has 22 heteroatoms. The van der Waals surface area contributed by atoms with Crippen molar-refractivity contribution >= 4 is 0 Å². The molecule has 2 aromatic rings. The normalized spacial score (nSPS) is 19.8. The van der Waals surface area contributed by atoms with Crippen LogP contribution in [0.2, 0.25) is 0 Å². The predicted octanol–water partition coefficient (Wildman–Crippen LogP) is 16.7. The van der Waals surface area contributed by atoms with Gasteiger partial charge in [-0.2, -0.15) is 0 Å². The third kappa shape index (κ3) is 75.8. The van der Waals surface area contributed by atoms with Gasteiger partial charge in [-0.1, -0.05) is 95.9 Å². The minimum atomic E-state index is 0.534. The van der Waals surface area contributed by atoms with Crippen LogP contribution >= 0.6 is 0 Å². The fraction of sp³-hybridized carbons (Fsp3) is 0.942. The molecule has 125 heavy (non-hydrogen) atoms. The number of imidazole rings is 2. The zero-order valence-corrected chi connectivity index (χ0v) is 90.3. The second-order valence-corrected chi connectivity index (χ2v) is 42.4. The molecule has 0 aliphatic carbocycles. The molecule has 0 saturated carbocycles. The van der Waals surface area contributed by atoms with Crippen LogP contribution in [0, 0.1) is 42.4 Å². The Kier molecular flexibility index (Phi) is 79.0. The van der Waals surface area contributed by atoms with Crippen LogP contribution in [0.25, 0.3) is 0 Å². The van der Waals surface area contributed by atoms with Crippen molar-refractivity contribution in [3.8, 4) is 0 Å². The molecular formula is C103H222N20O2. The molecule has 0 bridgehead atoms. The van der Waals surface area contributed by atoms with Gasteiger partial charge < -0.3 is 78.2 Å². The molecule has 10 fully saturated rings. The molecule has 0 atom stereocenters. The SMILES string of the molecule is CC(C)CN(C)C.CC(C)CN1CCCC1.CC(C)CN1CCCCC1.CC(C)CN1CCN(C)CC1.CC(C)CN1CCNCC1.CC(C)CN1CCOCC1.CC(C)N(C)C.CC(C)N1CCCC1.CC(C)N1CCCCC1.CC(C)N1CCN(C)CC1.CC(C)N1CCNCC1.CC(C)N1CCOCC1.CC(C)n1ccnc1.Cc1cn(C(C)C)cn1. The molecule has 10 saturated heterocycles. The van der Waals surface area contributed by atoms with Crippen molar-refractivity contribution in [2.75, 3.05) is 291 Å². The maximum atomic E-state index is 5.24. The quantitative estimate of drug-likeness (QED) is 0.131. The van der Waals surface area contributed by atoms with Gasteiger partial charge in [-0.15, -0.1) is 0 Å². The van der Waals surface area contributed by atoms with Crippen molar-refractivity contribution < 1.29 is 9.47 Å². The number of hydrogen-bond acceptors (Lipinski definition) is 20. The molecule has 10 aliphatic rings. The van der Waals surface area contributed by atoms with Crippen LogP contribution in [0.1, 0.15) is 276 Å². The fourth-order valence-corrected chi connectivity index (χ4v) is 15.7. The number of likely N-dealkylation sites (tertiary alicyclic amines) is 4. The van der Waals surface area contributed by atoms with Crippen LogP contribution in [0.15, 0.2) is 31.2 Å². The van der Waals surface area contributed by atoms with Gasteiger partial charge in [-0.05, 0) is 306 Å². The number of piperidine rings is 2. The summed E-state index contributed by atoms with van der Waals surface area (Å²) in [7, 11) is 12.7. The zero-order valence-electron chi connectivity index (χ0n) is 90.3. The third-order valence-electron chi connectivity index (χ3n) is 23.8. The van der Waals surface area contributed by atoms with E-state index >= 15 is 0 Å². The van der Waals surface area contributed by atoms with Crippen molar-refractivity contribution in [1.82, 2.24) is 98.3 Å². The Bertz CT molecular complexity index is 2380. The average Bonchev–Trinajstić information content (AvgIpc) is 1.51. The lowest BCUT2D eigenvalue weighted by Crippen LogP contribution is -2.47. The second-order valence-electron chi connectivity index (χ2n) is 42.4. The highest BCUT2D eigenvalue weighted by atomic mass is 16.5. The number of aryl methyl sites for hydroxylation is 1. The number of rotatable bonds is 20. The predicted molar refractivity (Wildman–Crippen MR) is 551 cm³/mol. The van der Waals surface area contributed by atoms with E-state index in [2.05, 4.69) is 334 Å². The number of morpholine rings is 2. The maximum Gasteiger partial charge on any atom is 0.0951 e. The summed E-state index contributed by atoms with van der Waals surface area (Å²) in [6.45, 7) is 111. The molecule has 12 heterocycles. The molecule has 0 amide bonds. The Morgan fingerprint density at radius 3 is 0.856 bits per heavy atom. The molecule has 2 N–H and O–H groups in total. The Morgan fingerprint density at radius 1 is 0.312 bits per heavy atom. The van der Waals surface area contributed by atoms with Crippen LogP contribution in [0.3, 0.4) is 0 Å². The molecule has 10 aliphatic heterocycles. The van der Waals surface area contributed by atoms with Gasteiger partial charge in [-0.25, -0.2) is 9.97 Å². The van der Waals surface area contributed by atoms with Gasteiger partial charge in [0.1, 0.15) is 0 Å². The summed E-state index contributed by atoms with van der Waals surface area (Å²) < 4.78 is 14.6. The summed E-state index contributed by atoms with van der Waals surface area (Å²) in [5, 5.41) is 6.67. The highest BCUT2D eigenvalue weighted by Gasteiger charge is 2.20. The van der Waals surface area contributed by atoms with E-state index in [0.29, 0.717) is 24.2 Å². The molecule has 2 aromatic heterocycles. The van der Waals surface area contributed by atoms with Gasteiger partial charge in [0.25, 0.3) is 0 Å². The summed E-state index contributed by atoms with van der Waals surface area (Å²) in [5.41, 5.74) is 1.09. The molecule has 0 unspecified atom stereocenters. The molecular weight excluding hydrogens is 1550 g/mol. The Labute approximate surface area is 780 Å². The highest BCUT2D eigenvalue weighted by molar-refractivity contribution is 4.93. The Morgan fingerprint density at radius 2 is 0.600 bits per heavy atom. The standard InChI is InChI=1S/C9H20N2.C9H19N.2C8H18N2.C8H17NO.2C8H17N.C7H12N2.C7H16N2.C7H15NO.C7H15N.C6H10N2.C6H15N.C5H13N/c1-9(2)8-11-6-4-10(3)5-7-11;1-9(2)8-10-6-4-3-5-7-10;1-8(2)10-6-4-9(3)5-7-10;1-8(2)7-10-5-3-9-4-6-10;1-8(2)7-9-3-5-10-6-4-9;1-8(2)7-9-5-3-4-6-9;1-8(2)9-6-4-3-5-7-9;1-6(2)9-4-7(3)8-5-9;1-7(2)9-5-3-8-4-6-9;1-7(2)8-3-5-9-6-4-8;1-7(2)8-5-3-4-6-8;1-6(2)8-4-3-7-5-8;1-6(2)5-7(3)4;1-5(2)6(3)4/h9H,4-8H2,1-3H3;9H,3-8H2,1-2H3;8H,4-7H2,1-3H3;8-9H,3-7H2,1-2H3;8H,3-7H2,1-2H3;2*8H,3-7H2,1-2H3;4-6H,1-3H3;7-8H,3-6H2,1-2H3;7H,3-6H2,1-2H3;7H,3-6H2,1-2H3;3-6H,1-2H3;6H,5H2,1-4H3;5H,1-4H3. The van der Waals surface area contributed by atoms with E-state index in [1.54, 1.807) is 6.20 Å². The minimum absolute atomic E-state index is 0.534. The molecule has 12 rings (SSSR count). The molecule has 0 spiro atoms. The van der Waals surface area contributed by atoms with Gasteiger partial charge in [0.15, 0.2) is 0 Å². The number of likely N-dealkylation sites (N-methyl/N-ethyl adjacent to an activating group) is 2. The minimum Gasteiger partial charge on any atom is -0.379 e. The van der Waals surface area contributed by atoms with Crippen molar-refractivity contribution in [1.29, 1.82) is 0 Å². The second kappa shape index (κ2) is 79.1. The monoisotopic (exact) mass is 1770 g/mol. The van der Waals surface area contributed by atoms with E-state index < -0.39 is 0 Å². The summed E-state index contributed by atoms with van der Waals surface area (Å²) in [5.74, 6) is 4.92. The number of aromatic nitrogens is 4. The summed E-state index contributed by atoms with van der Waals surface area (Å²) in [6, 6.07) is 5.45. The van der Waals surface area contributed by atoms with E-state index in [9.17, 15) is 0 Å². The largest absolute Gasteiger partial charge is 0.379 e. The van der Waals surface area contributed by atoms with Gasteiger partial charge in [0.2, 0.25) is 0 Å². The first-order valence-corrected chi connectivity index (χ1v) is 51.6. The van der Waals surface area contributed by atoms with Crippen LogP contribution in [0.5, 0.6) is 0 Å². The topological polar surface area (TPSA) is 124 Å². The van der Waals surface area contributed by atoms with Gasteiger partial charge in [0, 0.05) is 231 Å². The lowest BCUT2D eigenvalue weighted by atomic mass is 10.1. The lowest BCUT2D eigenvalue weighted by Gasteiger charge is -2.34. The van der Waals surface area contributed by atoms with Gasteiger partial charge in [0.05, 0.1) is 44.8 Å². The highest BCUT2D eigenvalue weighted by Crippen LogP contribution is 2.15. The molecule has 0 aromatic carbocycles. The lowest BCUT2D eigenvalue weighted by molar-refractivity contribution is 0.0238. The zero-order chi connectivity index (χ0) is 94.6. The molecule has 0 radical (unpaired) electrons. The van der Waals surface area contributed by atoms with Crippen molar-refractivity contribution in [2.45, 2.75) is 313 Å². The van der Waals surface area contributed by atoms with Crippen molar-refractivity contribution in [3.05, 3.63) is 36.9 Å². The van der Waals surface area contributed by atoms with Crippen LogP contribution < -0.4 is 10.6 Å². The van der Waals surface area contributed by atoms with E-state index in [1.807, 2.05) is 32.0 Å². The summed E-state index contributed by atoms with van der Waals surface area (Å²) in [6.07, 6.45) is 23.7. The van der Waals surface area contributed by atoms with Gasteiger partial charge >= 0.3 is 0 Å². The van der Waals surface area contributed by atoms with Gasteiger partial charge in [-0.3, -0.25) is 19.6 Å². The van der Waals surface area contributed by atoms with E-state index in [-0.39, 0.29) is 0 Å². The number of hydrogen-bond donors (Lipinski definition) is 2. The van der Waals surface area contributed by atoms with Crippen LogP contribution in [-0.2, 0) is 9.47 Å². The van der Waals surface area contributed by atoms with Crippen molar-refractivity contribution in [2.24, 2.45) is 35.5 Å². The van der Waals surface area contributed by atoms with Crippen LogP contribution in [-0.4, -0.2) is 415 Å². The number of piperazine rings is 4. The first-order valence-electron chi connectivity index (χ1n) is 51.6. The third-order valence-corrected chi connectivity index (χ3v) is 23.8. The van der Waals surface area contributed by atoms with Crippen LogP contribution in [0.4, 0.5) is 0 Å². The van der Waals surface area contributed by atoms with Crippen molar-refractivity contribution in [3.63, 3.8) is 0 Å². The summed E-state index contributed by atoms with van der Waals surface area (Å²) in [4.78, 5) is 42.4. The van der Waals surface area contributed by atoms with E-state index in [4.69, 9.17) is 9.47 Å². The molecule has 22 nitrogen and oxygen atoms in total. The Balaban J connectivity index is 0. The average molecular weight is 1770 g/mol. The Hall–Kier alpha value is -2.30. The van der Waals surface area contributed by atoms with E-state index in [0.717, 1.165) is 131 Å². The smallest absolute Gasteiger partial charge is 0.0951 e. The van der Waals surface area contributed by atoms with E-state index in [1.165, 1.54) is 247 Å². The number of nitrogens with one attached hydrogen (secondary N) is 2. The number of nitrogens with zero attached hydrogens (tertiary/aromatic N) is 18. The molecule has 746 valence electrons.